The molecule has 4 nitrogen and oxygen atoms in total. The Hall–Kier alpha value is -0.460. The highest BCUT2D eigenvalue weighted by Crippen LogP contribution is 2.25. The first-order chi connectivity index (χ1) is 8.22. The monoisotopic (exact) mass is 254 g/mol. The summed E-state index contributed by atoms with van der Waals surface area (Å²) in [6.07, 6.45) is 1.23. The fourth-order valence-electron chi connectivity index (χ4n) is 2.52. The second kappa shape index (κ2) is 5.93. The average Bonchev–Trinajstić information content (AvgIpc) is 2.76. The molecule has 2 unspecified atom stereocenters. The number of thiophene rings is 1. The van der Waals surface area contributed by atoms with E-state index in [0.29, 0.717) is 6.04 Å². The van der Waals surface area contributed by atoms with Crippen LogP contribution in [0.4, 0.5) is 0 Å². The molecule has 1 fully saturated rings. The van der Waals surface area contributed by atoms with Crippen LogP contribution in [0.25, 0.3) is 0 Å². The maximum atomic E-state index is 5.76. The number of rotatable bonds is 3. The number of hydrogen-bond donors (Lipinski definition) is 2. The Balaban J connectivity index is 2.16. The molecule has 0 aliphatic carbocycles. The summed E-state index contributed by atoms with van der Waals surface area (Å²) in [7, 11) is 4.38. The molecule has 0 aromatic carbocycles. The maximum absolute atomic E-state index is 5.76. The molecule has 0 amide bonds. The zero-order chi connectivity index (χ0) is 12.3. The first kappa shape index (κ1) is 13.0. The third-order valence-corrected chi connectivity index (χ3v) is 4.48. The van der Waals surface area contributed by atoms with Crippen molar-refractivity contribution in [2.45, 2.75) is 18.5 Å². The molecule has 2 heterocycles. The normalized spacial score (nSPS) is 25.7. The lowest BCUT2D eigenvalue weighted by atomic mass is 10.1. The summed E-state index contributed by atoms with van der Waals surface area (Å²) >= 11 is 1.77. The molecule has 1 aromatic heterocycles. The van der Waals surface area contributed by atoms with Gasteiger partial charge in [-0.2, -0.15) is 0 Å². The Bertz CT molecular complexity index is 327. The van der Waals surface area contributed by atoms with Crippen molar-refractivity contribution in [1.29, 1.82) is 0 Å². The third kappa shape index (κ3) is 3.05. The van der Waals surface area contributed by atoms with Gasteiger partial charge in [-0.15, -0.1) is 11.3 Å². The first-order valence-electron chi connectivity index (χ1n) is 6.10. The minimum atomic E-state index is 0.223. The number of hydrazine groups is 1. The summed E-state index contributed by atoms with van der Waals surface area (Å²) in [4.78, 5) is 6.14. The van der Waals surface area contributed by atoms with Gasteiger partial charge in [0.05, 0.1) is 6.04 Å². The molecule has 3 N–H and O–H groups in total. The van der Waals surface area contributed by atoms with Gasteiger partial charge in [0.2, 0.25) is 0 Å². The summed E-state index contributed by atoms with van der Waals surface area (Å²) in [6, 6.07) is 4.91. The van der Waals surface area contributed by atoms with E-state index < -0.39 is 0 Å². The van der Waals surface area contributed by atoms with Crippen molar-refractivity contribution in [3.05, 3.63) is 22.4 Å². The van der Waals surface area contributed by atoms with E-state index in [1.54, 1.807) is 11.3 Å². The van der Waals surface area contributed by atoms with Crippen molar-refractivity contribution in [3.8, 4) is 0 Å². The third-order valence-electron chi connectivity index (χ3n) is 3.53. The van der Waals surface area contributed by atoms with E-state index in [1.807, 2.05) is 0 Å². The molecule has 96 valence electrons. The van der Waals surface area contributed by atoms with Crippen molar-refractivity contribution < 1.29 is 0 Å². The Labute approximate surface area is 107 Å². The van der Waals surface area contributed by atoms with Crippen LogP contribution in [0.3, 0.4) is 0 Å². The second-order valence-corrected chi connectivity index (χ2v) is 5.80. The van der Waals surface area contributed by atoms with E-state index in [9.17, 15) is 0 Å². The van der Waals surface area contributed by atoms with Crippen LogP contribution in [0.2, 0.25) is 0 Å². The van der Waals surface area contributed by atoms with Gasteiger partial charge in [0.25, 0.3) is 0 Å². The standard InChI is InChI=1S/C12H22N4S/c1-15-6-4-7-16(2)10(9-15)12(14-13)11-5-3-8-17-11/h3,5,8,10,12,14H,4,6-7,9,13H2,1-2H3. The molecule has 0 radical (unpaired) electrons. The number of hydrogen-bond acceptors (Lipinski definition) is 5. The lowest BCUT2D eigenvalue weighted by Gasteiger charge is -2.33. The van der Waals surface area contributed by atoms with E-state index >= 15 is 0 Å². The molecule has 1 saturated heterocycles. The number of nitrogens with two attached hydrogens (primary N) is 1. The Morgan fingerprint density at radius 1 is 1.47 bits per heavy atom. The van der Waals surface area contributed by atoms with Crippen LogP contribution in [0.15, 0.2) is 17.5 Å². The minimum absolute atomic E-state index is 0.223. The molecule has 2 atom stereocenters. The van der Waals surface area contributed by atoms with Crippen LogP contribution in [-0.2, 0) is 0 Å². The first-order valence-corrected chi connectivity index (χ1v) is 6.98. The number of nitrogens with one attached hydrogen (secondary N) is 1. The molecular formula is C12H22N4S. The maximum Gasteiger partial charge on any atom is 0.0720 e. The van der Waals surface area contributed by atoms with Crippen molar-refractivity contribution in [2.24, 2.45) is 5.84 Å². The van der Waals surface area contributed by atoms with Gasteiger partial charge in [-0.05, 0) is 45.1 Å². The summed E-state index contributed by atoms with van der Waals surface area (Å²) in [5.74, 6) is 5.76. The largest absolute Gasteiger partial charge is 0.305 e. The van der Waals surface area contributed by atoms with Crippen LogP contribution in [0.5, 0.6) is 0 Å². The molecule has 2 rings (SSSR count). The molecular weight excluding hydrogens is 232 g/mol. The molecule has 1 aromatic rings. The van der Waals surface area contributed by atoms with Crippen molar-refractivity contribution in [1.82, 2.24) is 15.2 Å². The van der Waals surface area contributed by atoms with Gasteiger partial charge in [-0.1, -0.05) is 6.07 Å². The van der Waals surface area contributed by atoms with Crippen LogP contribution < -0.4 is 11.3 Å². The van der Waals surface area contributed by atoms with Gasteiger partial charge < -0.3 is 9.80 Å². The van der Waals surface area contributed by atoms with E-state index in [4.69, 9.17) is 5.84 Å². The molecule has 5 heteroatoms. The molecule has 1 aliphatic rings. The van der Waals surface area contributed by atoms with Gasteiger partial charge in [0.1, 0.15) is 0 Å². The molecule has 0 saturated carbocycles. The lowest BCUT2D eigenvalue weighted by molar-refractivity contribution is 0.180. The topological polar surface area (TPSA) is 44.5 Å². The molecule has 17 heavy (non-hydrogen) atoms. The summed E-state index contributed by atoms with van der Waals surface area (Å²) < 4.78 is 0. The van der Waals surface area contributed by atoms with Crippen LogP contribution >= 0.6 is 11.3 Å². The highest BCUT2D eigenvalue weighted by Gasteiger charge is 2.29. The molecule has 1 aliphatic heterocycles. The van der Waals surface area contributed by atoms with Gasteiger partial charge in [-0.3, -0.25) is 11.3 Å². The summed E-state index contributed by atoms with van der Waals surface area (Å²) in [5, 5.41) is 2.11. The summed E-state index contributed by atoms with van der Waals surface area (Å²) in [6.45, 7) is 3.37. The predicted octanol–water partition coefficient (Wildman–Crippen LogP) is 0.888. The summed E-state index contributed by atoms with van der Waals surface area (Å²) in [5.41, 5.74) is 3.00. The predicted molar refractivity (Wildman–Crippen MR) is 72.9 cm³/mol. The van der Waals surface area contributed by atoms with Gasteiger partial charge in [0, 0.05) is 17.5 Å². The quantitative estimate of drug-likeness (QED) is 0.621. The SMILES string of the molecule is CN1CCCN(C)C(C(NN)c2cccs2)C1. The smallest absolute Gasteiger partial charge is 0.0720 e. The van der Waals surface area contributed by atoms with Gasteiger partial charge in [-0.25, -0.2) is 0 Å². The van der Waals surface area contributed by atoms with Gasteiger partial charge in [0.15, 0.2) is 0 Å². The minimum Gasteiger partial charge on any atom is -0.305 e. The fourth-order valence-corrected chi connectivity index (χ4v) is 3.36. The van der Waals surface area contributed by atoms with Crippen molar-refractivity contribution in [3.63, 3.8) is 0 Å². The van der Waals surface area contributed by atoms with Crippen LogP contribution in [-0.4, -0.2) is 49.6 Å². The highest BCUT2D eigenvalue weighted by atomic mass is 32.1. The second-order valence-electron chi connectivity index (χ2n) is 4.82. The highest BCUT2D eigenvalue weighted by molar-refractivity contribution is 7.10. The zero-order valence-electron chi connectivity index (χ0n) is 10.6. The Morgan fingerprint density at radius 2 is 2.29 bits per heavy atom. The van der Waals surface area contributed by atoms with E-state index in [0.717, 1.165) is 13.1 Å². The Morgan fingerprint density at radius 3 is 2.94 bits per heavy atom. The lowest BCUT2D eigenvalue weighted by Crippen LogP contribution is -2.48. The average molecular weight is 254 g/mol. The molecule has 0 spiro atoms. The van der Waals surface area contributed by atoms with E-state index in [2.05, 4.69) is 46.8 Å². The van der Waals surface area contributed by atoms with E-state index in [-0.39, 0.29) is 6.04 Å². The van der Waals surface area contributed by atoms with E-state index in [1.165, 1.54) is 17.8 Å². The fraction of sp³-hybridized carbons (Fsp3) is 0.667. The zero-order valence-corrected chi connectivity index (χ0v) is 11.4. The Kier molecular flexibility index (Phi) is 4.53. The van der Waals surface area contributed by atoms with Crippen LogP contribution in [0.1, 0.15) is 17.3 Å². The number of likely N-dealkylation sites (N-methyl/N-ethyl adjacent to an activating group) is 2. The number of nitrogens with zero attached hydrogens (tertiary/aromatic N) is 2. The van der Waals surface area contributed by atoms with Crippen molar-refractivity contribution >= 4 is 11.3 Å². The van der Waals surface area contributed by atoms with Crippen molar-refractivity contribution in [2.75, 3.05) is 33.7 Å². The van der Waals surface area contributed by atoms with Gasteiger partial charge >= 0.3 is 0 Å². The molecule has 0 bridgehead atoms. The van der Waals surface area contributed by atoms with Crippen LogP contribution in [0, 0.1) is 0 Å².